The van der Waals surface area contributed by atoms with Gasteiger partial charge in [0, 0.05) is 17.1 Å². The van der Waals surface area contributed by atoms with E-state index in [2.05, 4.69) is 25.4 Å². The average Bonchev–Trinajstić information content (AvgIpc) is 2.78. The molecular formula is C23H18BrClF3NO5. The van der Waals surface area contributed by atoms with E-state index in [1.165, 1.54) is 29.9 Å². The lowest BCUT2D eigenvalue weighted by atomic mass is 10.1. The number of methoxy groups -OCH3 is 1. The molecule has 0 aliphatic carbocycles. The molecule has 0 fully saturated rings. The van der Waals surface area contributed by atoms with Gasteiger partial charge in [-0.3, -0.25) is 4.79 Å². The van der Waals surface area contributed by atoms with E-state index < -0.39 is 23.6 Å². The van der Waals surface area contributed by atoms with Gasteiger partial charge in [-0.25, -0.2) is 4.79 Å². The van der Waals surface area contributed by atoms with Gasteiger partial charge in [-0.15, -0.1) is 13.2 Å². The highest BCUT2D eigenvalue weighted by Crippen LogP contribution is 2.27. The second-order valence-corrected chi connectivity index (χ2v) is 8.26. The first-order valence-corrected chi connectivity index (χ1v) is 11.0. The van der Waals surface area contributed by atoms with E-state index in [1.54, 1.807) is 24.3 Å². The second-order valence-electron chi connectivity index (χ2n) is 6.99. The van der Waals surface area contributed by atoms with E-state index in [9.17, 15) is 22.8 Å². The lowest BCUT2D eigenvalue weighted by Crippen LogP contribution is -2.26. The van der Waals surface area contributed by atoms with Crippen molar-refractivity contribution >= 4 is 33.5 Å². The SMILES string of the molecule is COC(=O)c1ccc(CCn2c(COc3cccc(OC(F)(F)F)c3)c(Br)cc(Cl)c2=O)cc1. The topological polar surface area (TPSA) is 66.8 Å². The normalized spacial score (nSPS) is 11.2. The van der Waals surface area contributed by atoms with Gasteiger partial charge in [-0.2, -0.15) is 0 Å². The number of benzene rings is 2. The van der Waals surface area contributed by atoms with Crippen molar-refractivity contribution in [1.82, 2.24) is 4.57 Å². The first-order valence-electron chi connectivity index (χ1n) is 9.81. The Morgan fingerprint density at radius 3 is 2.41 bits per heavy atom. The minimum Gasteiger partial charge on any atom is -0.487 e. The van der Waals surface area contributed by atoms with Gasteiger partial charge in [0.05, 0.1) is 18.4 Å². The highest BCUT2D eigenvalue weighted by molar-refractivity contribution is 9.10. The first kappa shape index (κ1) is 25.6. The summed E-state index contributed by atoms with van der Waals surface area (Å²) in [6.45, 7) is 0.120. The van der Waals surface area contributed by atoms with Crippen LogP contribution in [0.4, 0.5) is 13.2 Å². The summed E-state index contributed by atoms with van der Waals surface area (Å²) in [4.78, 5) is 24.3. The number of alkyl halides is 3. The predicted octanol–water partition coefficient (Wildman–Crippen LogP) is 5.77. The lowest BCUT2D eigenvalue weighted by molar-refractivity contribution is -0.274. The number of nitrogens with zero attached hydrogens (tertiary/aromatic N) is 1. The Bertz CT molecular complexity index is 1230. The van der Waals surface area contributed by atoms with Gasteiger partial charge in [-0.05, 0) is 58.2 Å². The van der Waals surface area contributed by atoms with E-state index in [0.29, 0.717) is 22.2 Å². The van der Waals surface area contributed by atoms with Crippen LogP contribution in [0.1, 0.15) is 21.6 Å². The molecule has 0 amide bonds. The first-order chi connectivity index (χ1) is 16.1. The molecule has 0 saturated heterocycles. The zero-order chi connectivity index (χ0) is 24.9. The van der Waals surface area contributed by atoms with Crippen molar-refractivity contribution in [3.63, 3.8) is 0 Å². The summed E-state index contributed by atoms with van der Waals surface area (Å²) in [7, 11) is 1.29. The van der Waals surface area contributed by atoms with Crippen molar-refractivity contribution in [3.05, 3.63) is 91.3 Å². The van der Waals surface area contributed by atoms with Crippen LogP contribution in [0.5, 0.6) is 11.5 Å². The number of pyridine rings is 1. The number of aryl methyl sites for hydroxylation is 1. The molecule has 0 aliphatic rings. The van der Waals surface area contributed by atoms with Gasteiger partial charge in [-0.1, -0.05) is 29.8 Å². The Hall–Kier alpha value is -2.98. The van der Waals surface area contributed by atoms with Crippen molar-refractivity contribution in [2.24, 2.45) is 0 Å². The minimum absolute atomic E-state index is 0.00256. The van der Waals surface area contributed by atoms with Crippen molar-refractivity contribution in [1.29, 1.82) is 0 Å². The summed E-state index contributed by atoms with van der Waals surface area (Å²) >= 11 is 9.44. The van der Waals surface area contributed by atoms with Crippen molar-refractivity contribution < 1.29 is 32.2 Å². The van der Waals surface area contributed by atoms with E-state index in [4.69, 9.17) is 16.3 Å². The van der Waals surface area contributed by atoms with Crippen LogP contribution in [0.25, 0.3) is 0 Å². The molecule has 0 spiro atoms. The summed E-state index contributed by atoms with van der Waals surface area (Å²) in [6, 6.07) is 13.3. The fourth-order valence-corrected chi connectivity index (χ4v) is 4.00. The lowest BCUT2D eigenvalue weighted by Gasteiger charge is -2.17. The Morgan fingerprint density at radius 2 is 1.76 bits per heavy atom. The molecule has 0 saturated carbocycles. The second kappa shape index (κ2) is 11.0. The molecule has 0 unspecified atom stereocenters. The number of hydrogen-bond donors (Lipinski definition) is 0. The maximum Gasteiger partial charge on any atom is 0.573 e. The smallest absolute Gasteiger partial charge is 0.487 e. The van der Waals surface area contributed by atoms with Crippen LogP contribution in [-0.4, -0.2) is 24.0 Å². The molecular weight excluding hydrogens is 543 g/mol. The largest absolute Gasteiger partial charge is 0.573 e. The van der Waals surface area contributed by atoms with E-state index in [0.717, 1.165) is 17.7 Å². The maximum absolute atomic E-state index is 12.7. The summed E-state index contributed by atoms with van der Waals surface area (Å²) < 4.78 is 53.6. The van der Waals surface area contributed by atoms with Crippen LogP contribution in [0.2, 0.25) is 5.02 Å². The molecule has 34 heavy (non-hydrogen) atoms. The van der Waals surface area contributed by atoms with Crippen LogP contribution < -0.4 is 15.0 Å². The number of esters is 1. The molecule has 180 valence electrons. The number of carbonyl (C=O) groups is 1. The van der Waals surface area contributed by atoms with Gasteiger partial charge >= 0.3 is 12.3 Å². The van der Waals surface area contributed by atoms with Crippen LogP contribution >= 0.6 is 27.5 Å². The van der Waals surface area contributed by atoms with Gasteiger partial charge in [0.15, 0.2) is 0 Å². The number of aromatic nitrogens is 1. The Labute approximate surface area is 205 Å². The fraction of sp³-hybridized carbons (Fsp3) is 0.217. The van der Waals surface area contributed by atoms with Crippen molar-refractivity contribution in [3.8, 4) is 11.5 Å². The minimum atomic E-state index is -4.83. The number of rotatable bonds is 8. The number of carbonyl (C=O) groups excluding carboxylic acids is 1. The third kappa shape index (κ3) is 6.77. The zero-order valence-electron chi connectivity index (χ0n) is 17.7. The van der Waals surface area contributed by atoms with E-state index in [1.807, 2.05) is 0 Å². The molecule has 3 aromatic rings. The van der Waals surface area contributed by atoms with Crippen LogP contribution in [-0.2, 0) is 24.3 Å². The molecule has 0 N–H and O–H groups in total. The van der Waals surface area contributed by atoms with Crippen LogP contribution in [0, 0.1) is 0 Å². The summed E-state index contributed by atoms with van der Waals surface area (Å²) in [6.07, 6.45) is -4.39. The quantitative estimate of drug-likeness (QED) is 0.327. The summed E-state index contributed by atoms with van der Waals surface area (Å²) in [5.41, 5.74) is 1.27. The highest BCUT2D eigenvalue weighted by Gasteiger charge is 2.31. The van der Waals surface area contributed by atoms with E-state index >= 15 is 0 Å². The highest BCUT2D eigenvalue weighted by atomic mass is 79.9. The van der Waals surface area contributed by atoms with Gasteiger partial charge < -0.3 is 18.8 Å². The van der Waals surface area contributed by atoms with Crippen molar-refractivity contribution in [2.45, 2.75) is 25.9 Å². The molecule has 6 nitrogen and oxygen atoms in total. The standard InChI is InChI=1S/C23H18BrClF3NO5/c1-32-22(31)15-7-5-14(6-8-15)9-10-29-20(18(24)12-19(25)21(29)30)13-33-16-3-2-4-17(11-16)34-23(26,27)28/h2-8,11-12H,9-10,13H2,1H3. The monoisotopic (exact) mass is 559 g/mol. The molecule has 0 bridgehead atoms. The third-order valence-electron chi connectivity index (χ3n) is 4.72. The molecule has 0 atom stereocenters. The Balaban J connectivity index is 1.78. The van der Waals surface area contributed by atoms with Crippen LogP contribution in [0.15, 0.2) is 63.9 Å². The molecule has 2 aromatic carbocycles. The van der Waals surface area contributed by atoms with Gasteiger partial charge in [0.2, 0.25) is 0 Å². The molecule has 0 radical (unpaired) electrons. The van der Waals surface area contributed by atoms with Crippen molar-refractivity contribution in [2.75, 3.05) is 7.11 Å². The molecule has 1 aromatic heterocycles. The summed E-state index contributed by atoms with van der Waals surface area (Å²) in [5, 5.41) is -0.00256. The van der Waals surface area contributed by atoms with Gasteiger partial charge in [0.25, 0.3) is 5.56 Å². The maximum atomic E-state index is 12.7. The zero-order valence-corrected chi connectivity index (χ0v) is 20.0. The molecule has 3 rings (SSSR count). The number of ether oxygens (including phenoxy) is 3. The summed E-state index contributed by atoms with van der Waals surface area (Å²) in [5.74, 6) is -0.750. The predicted molar refractivity (Wildman–Crippen MR) is 122 cm³/mol. The Morgan fingerprint density at radius 1 is 1.09 bits per heavy atom. The van der Waals surface area contributed by atoms with E-state index in [-0.39, 0.29) is 23.9 Å². The molecule has 0 aliphatic heterocycles. The Kier molecular flexibility index (Phi) is 8.27. The molecule has 1 heterocycles. The third-order valence-corrected chi connectivity index (χ3v) is 5.68. The van der Waals surface area contributed by atoms with Gasteiger partial charge in [0.1, 0.15) is 23.1 Å². The number of halogens is 5. The van der Waals surface area contributed by atoms with Crippen LogP contribution in [0.3, 0.4) is 0 Å². The average molecular weight is 561 g/mol. The molecule has 11 heteroatoms. The number of hydrogen-bond acceptors (Lipinski definition) is 5. The fourth-order valence-electron chi connectivity index (χ4n) is 3.10.